The van der Waals surface area contributed by atoms with Crippen molar-refractivity contribution in [2.75, 3.05) is 0 Å². The maximum absolute atomic E-state index is 14.9. The Morgan fingerprint density at radius 1 is 1.00 bits per heavy atom. The molecule has 1 aliphatic carbocycles. The second-order valence-corrected chi connectivity index (χ2v) is 8.08. The summed E-state index contributed by atoms with van der Waals surface area (Å²) in [6, 6.07) is 18.5. The first kappa shape index (κ1) is 25.7. The molecule has 0 heterocycles. The monoisotopic (exact) mass is 488 g/mol. The van der Waals surface area contributed by atoms with Crippen LogP contribution >= 0.6 is 0 Å². The third-order valence-electron chi connectivity index (χ3n) is 5.43. The van der Waals surface area contributed by atoms with E-state index in [9.17, 15) is 17.6 Å². The number of amidine groups is 1. The number of benzene rings is 3. The van der Waals surface area contributed by atoms with Crippen LogP contribution in [-0.2, 0) is 4.79 Å². The zero-order chi connectivity index (χ0) is 25.6. The zero-order valence-electron chi connectivity index (χ0n) is 18.6. The number of nitrogens with one attached hydrogen (secondary N) is 1. The van der Waals surface area contributed by atoms with Gasteiger partial charge in [0.25, 0.3) is 0 Å². The number of hydrogen-bond donors (Lipinski definition) is 3. The fourth-order valence-electron chi connectivity index (χ4n) is 3.67. The van der Waals surface area contributed by atoms with Crippen LogP contribution in [0, 0.1) is 5.41 Å². The predicted octanol–water partition coefficient (Wildman–Crippen LogP) is 6.55. The lowest BCUT2D eigenvalue weighted by molar-refractivity contribution is -0.192. The Morgan fingerprint density at radius 2 is 1.57 bits per heavy atom. The normalized spacial score (nSPS) is 14.3. The van der Waals surface area contributed by atoms with Crippen LogP contribution in [0.3, 0.4) is 0 Å². The molecule has 9 heteroatoms. The van der Waals surface area contributed by atoms with Crippen LogP contribution in [0.1, 0.15) is 42.4 Å². The molecule has 0 aromatic heterocycles. The first-order chi connectivity index (χ1) is 16.5. The second-order valence-electron chi connectivity index (χ2n) is 8.08. The number of ether oxygens (including phenoxy) is 1. The molecule has 0 aliphatic heterocycles. The molecule has 0 saturated heterocycles. The predicted molar refractivity (Wildman–Crippen MR) is 127 cm³/mol. The molecule has 35 heavy (non-hydrogen) atoms. The number of fused-ring (bicyclic) bond motifs is 1. The van der Waals surface area contributed by atoms with Gasteiger partial charge in [-0.3, -0.25) is 5.41 Å². The van der Waals surface area contributed by atoms with E-state index in [-0.39, 0.29) is 17.8 Å². The van der Waals surface area contributed by atoms with Crippen molar-refractivity contribution in [3.05, 3.63) is 77.4 Å². The number of carbonyl (C=O) groups is 1. The molecule has 0 radical (unpaired) electrons. The lowest BCUT2D eigenvalue weighted by Gasteiger charge is -2.13. The first-order valence-corrected chi connectivity index (χ1v) is 10.9. The van der Waals surface area contributed by atoms with E-state index in [1.807, 2.05) is 48.5 Å². The third kappa shape index (κ3) is 7.30. The Hall–Kier alpha value is -3.88. The lowest BCUT2D eigenvalue weighted by atomic mass is 10.0. The van der Waals surface area contributed by atoms with Crippen molar-refractivity contribution in [2.45, 2.75) is 38.0 Å². The summed E-state index contributed by atoms with van der Waals surface area (Å²) in [6.45, 7) is 0. The van der Waals surface area contributed by atoms with E-state index in [2.05, 4.69) is 0 Å². The highest BCUT2D eigenvalue weighted by atomic mass is 19.4. The van der Waals surface area contributed by atoms with Gasteiger partial charge in [0, 0.05) is 11.1 Å². The molecule has 0 unspecified atom stereocenters. The van der Waals surface area contributed by atoms with E-state index >= 15 is 0 Å². The van der Waals surface area contributed by atoms with Crippen molar-refractivity contribution in [2.24, 2.45) is 5.73 Å². The summed E-state index contributed by atoms with van der Waals surface area (Å²) in [5.74, 6) is -2.23. The van der Waals surface area contributed by atoms with E-state index < -0.39 is 12.1 Å². The highest BCUT2D eigenvalue weighted by Gasteiger charge is 2.38. The fourth-order valence-corrected chi connectivity index (χ4v) is 3.67. The van der Waals surface area contributed by atoms with Crippen LogP contribution < -0.4 is 10.5 Å². The summed E-state index contributed by atoms with van der Waals surface area (Å²) in [7, 11) is 0. The Morgan fingerprint density at radius 3 is 2.14 bits per heavy atom. The minimum Gasteiger partial charge on any atom is -0.490 e. The summed E-state index contributed by atoms with van der Waals surface area (Å²) in [6.07, 6.45) is 1.36. The smallest absolute Gasteiger partial charge is 0.490 e. The summed E-state index contributed by atoms with van der Waals surface area (Å²) in [5, 5.41) is 16.5. The van der Waals surface area contributed by atoms with Crippen molar-refractivity contribution >= 4 is 34.5 Å². The Labute approximate surface area is 199 Å². The Kier molecular flexibility index (Phi) is 8.11. The van der Waals surface area contributed by atoms with Crippen LogP contribution in [0.5, 0.6) is 5.75 Å². The van der Waals surface area contributed by atoms with Crippen LogP contribution in [0.4, 0.5) is 17.6 Å². The van der Waals surface area contributed by atoms with E-state index in [1.54, 1.807) is 12.1 Å². The molecule has 4 N–H and O–H groups in total. The molecule has 3 aromatic rings. The number of hydrogen-bond acceptors (Lipinski definition) is 3. The van der Waals surface area contributed by atoms with Crippen LogP contribution in [0.15, 0.2) is 60.7 Å². The Balaban J connectivity index is 0.000000429. The molecule has 0 bridgehead atoms. The molecular weight excluding hydrogens is 464 g/mol. The number of halogens is 4. The summed E-state index contributed by atoms with van der Waals surface area (Å²) >= 11 is 0. The van der Waals surface area contributed by atoms with E-state index in [0.717, 1.165) is 34.9 Å². The number of nitrogens with two attached hydrogens (primary N) is 1. The number of carboxylic acid groups (broad SMARTS) is 1. The van der Waals surface area contributed by atoms with Crippen LogP contribution in [0.2, 0.25) is 0 Å². The quantitative estimate of drug-likeness (QED) is 0.164. The van der Waals surface area contributed by atoms with Crippen LogP contribution in [-0.4, -0.2) is 29.2 Å². The van der Waals surface area contributed by atoms with Gasteiger partial charge in [0.05, 0.1) is 6.10 Å². The van der Waals surface area contributed by atoms with Crippen LogP contribution in [0.25, 0.3) is 22.7 Å². The molecule has 0 atom stereocenters. The third-order valence-corrected chi connectivity index (χ3v) is 5.43. The van der Waals surface area contributed by atoms with Gasteiger partial charge in [-0.15, -0.1) is 0 Å². The second kappa shape index (κ2) is 11.0. The maximum Gasteiger partial charge on any atom is 0.490 e. The number of nitrogen functional groups attached to an aromatic ring is 1. The molecular formula is C26H24F4N2O3. The first-order valence-electron chi connectivity index (χ1n) is 10.9. The van der Waals surface area contributed by atoms with Crippen molar-refractivity contribution in [1.29, 1.82) is 5.41 Å². The summed E-state index contributed by atoms with van der Waals surface area (Å²) in [4.78, 5) is 8.90. The Bertz CT molecular complexity index is 1250. The van der Waals surface area contributed by atoms with Gasteiger partial charge in [0.2, 0.25) is 0 Å². The molecule has 0 amide bonds. The average Bonchev–Trinajstić information content (AvgIpc) is 3.31. The largest absolute Gasteiger partial charge is 0.490 e. The molecule has 3 aromatic carbocycles. The van der Waals surface area contributed by atoms with Gasteiger partial charge in [-0.1, -0.05) is 36.4 Å². The van der Waals surface area contributed by atoms with Crippen molar-refractivity contribution < 1.29 is 32.2 Å². The number of rotatable bonds is 5. The molecule has 1 fully saturated rings. The van der Waals surface area contributed by atoms with E-state index in [0.29, 0.717) is 11.1 Å². The lowest BCUT2D eigenvalue weighted by Crippen LogP contribution is -2.21. The molecule has 1 saturated carbocycles. The summed E-state index contributed by atoms with van der Waals surface area (Å²) in [5.41, 5.74) is 7.50. The van der Waals surface area contributed by atoms with Gasteiger partial charge in [0.15, 0.2) is 0 Å². The molecule has 5 nitrogen and oxygen atoms in total. The SMILES string of the molecule is N=C(N)c1ccc2cc(C(F)=Cc3cccc(OC4CCCC4)c3)ccc2c1.O=C(O)C(F)(F)F. The number of alkyl halides is 3. The minimum absolute atomic E-state index is 0.0248. The van der Waals surface area contributed by atoms with Crippen molar-refractivity contribution in [3.8, 4) is 5.75 Å². The minimum atomic E-state index is -5.08. The van der Waals surface area contributed by atoms with Gasteiger partial charge in [-0.05, 0) is 72.4 Å². The number of carboxylic acids is 1. The maximum atomic E-state index is 14.9. The molecule has 184 valence electrons. The molecule has 1 aliphatic rings. The standard InChI is InChI=1S/C24H23FN2O.C2HF3O2/c25-23(13-16-4-3-7-22(12-16)28-21-5-1-2-6-21)19-10-8-18-15-20(24(26)27)11-9-17(18)14-19;3-2(4,5)1(6)7/h3-4,7-15,21H,1-2,5-6H2,(H3,26,27);(H,6,7). The van der Waals surface area contributed by atoms with Gasteiger partial charge in [-0.25, -0.2) is 9.18 Å². The molecule has 0 spiro atoms. The zero-order valence-corrected chi connectivity index (χ0v) is 18.6. The van der Waals surface area contributed by atoms with E-state index in [1.165, 1.54) is 18.9 Å². The van der Waals surface area contributed by atoms with Crippen molar-refractivity contribution in [1.82, 2.24) is 0 Å². The van der Waals surface area contributed by atoms with Gasteiger partial charge < -0.3 is 15.6 Å². The van der Waals surface area contributed by atoms with Gasteiger partial charge >= 0.3 is 12.1 Å². The average molecular weight is 488 g/mol. The fraction of sp³-hybridized carbons (Fsp3) is 0.231. The molecule has 4 rings (SSSR count). The topological polar surface area (TPSA) is 96.4 Å². The highest BCUT2D eigenvalue weighted by molar-refractivity contribution is 5.99. The summed E-state index contributed by atoms with van der Waals surface area (Å²) < 4.78 is 52.6. The number of aliphatic carboxylic acids is 1. The van der Waals surface area contributed by atoms with E-state index in [4.69, 9.17) is 25.8 Å². The van der Waals surface area contributed by atoms with Crippen molar-refractivity contribution in [3.63, 3.8) is 0 Å². The van der Waals surface area contributed by atoms with Gasteiger partial charge in [0.1, 0.15) is 17.4 Å². The highest BCUT2D eigenvalue weighted by Crippen LogP contribution is 2.28. The van der Waals surface area contributed by atoms with Gasteiger partial charge in [-0.2, -0.15) is 13.2 Å².